The Hall–Kier alpha value is -12.7. The predicted octanol–water partition coefficient (Wildman–Crippen LogP) is 22.5. The number of nitrogens with zero attached hydrogens (tertiary/aromatic N) is 11. The maximum atomic E-state index is 13.5. The molecule has 8 amide bonds. The number of urea groups is 4. The molecule has 11 aromatic rings. The number of alkyl halides is 3. The molecule has 14 rings (SSSR count). The fraction of sp³-hybridized carbons (Fsp3) is 0.418. The standard InChI is InChI=1S/C29H40N4O3S.C28H39N5O3S.C27H37N5O3S.C26H28F3N5O3S/c1-19(2)25-15-22(7)16-26(20(3)4)28(25)31-29(34)32-37(35,36)33(17-23-11-9-8-10-12-23)18-24-13-14-27(30-24)21(5)6;1-19(2)25-15-22(7)16-26(20(3)4)27(25)29-28(34)31-37(35,36)32(17-23-11-9-8-10-12-23)18-24-13-14-33(30-24)21(5)6;1-19(2)24-13-10-14-25(20(3)4)26(24)28-27(33)30-36(34,35)31(17-22-11-8-7-9-12-22)18-23-15-16-32(29-23)21(5)6;27-26(28,29)17-33-13-12-21(31-33)16-34(15-18-6-2-1-3-7-18)38(36,37)32-25(35)30-24-22-10-4-8-19(22)14-20-9-5-11-23(20)24/h8-16,19-21,27H,17-18H2,1-7H3,(H2,31,32,34);8-16,19-21H,17-18H2,1-7H3,(H2,29,31,34);7-16,19-21H,17-18H2,1-6H3,(H2,28,30,33);1-3,6-7,12-14H,4-5,8-11,15-17H2,(H2,30,32,35). The monoisotopic (exact) mass is 2110 g/mol. The average Bonchev–Trinajstić information content (AvgIpc) is 1.60. The number of carbonyl (C=O) groups excluding carboxylic acids is 4. The highest BCUT2D eigenvalue weighted by Gasteiger charge is 2.36. The Balaban J connectivity index is 0.000000187. The summed E-state index contributed by atoms with van der Waals surface area (Å²) in [7, 11) is -17.0. The summed E-state index contributed by atoms with van der Waals surface area (Å²) in [5.74, 6) is 1.23. The zero-order valence-electron chi connectivity index (χ0n) is 88.2. The molecular weight excluding hydrogens is 1960 g/mol. The van der Waals surface area contributed by atoms with Gasteiger partial charge in [-0.3, -0.25) is 19.0 Å². The number of aliphatic imine (C=N–C) groups is 1. The van der Waals surface area contributed by atoms with E-state index in [1.165, 1.54) is 30.1 Å². The maximum Gasteiger partial charge on any atom is 0.408 e. The molecule has 0 radical (unpaired) electrons. The van der Waals surface area contributed by atoms with E-state index in [2.05, 4.69) is 136 Å². The maximum absolute atomic E-state index is 13.5. The molecule has 1 unspecified atom stereocenters. The highest BCUT2D eigenvalue weighted by Crippen LogP contribution is 2.41. The van der Waals surface area contributed by atoms with Gasteiger partial charge in [-0.05, 0) is 224 Å². The molecule has 8 aromatic carbocycles. The second-order valence-electron chi connectivity index (χ2n) is 40.5. The van der Waals surface area contributed by atoms with Gasteiger partial charge in [0.25, 0.3) is 0 Å². The number of rotatable bonds is 38. The van der Waals surface area contributed by atoms with Gasteiger partial charge in [0.2, 0.25) is 0 Å². The Morgan fingerprint density at radius 2 is 0.655 bits per heavy atom. The Bertz CT molecular complexity index is 6820. The fourth-order valence-electron chi connectivity index (χ4n) is 17.7. The number of halogens is 3. The SMILES string of the molecule is CC(C)c1cccc(C(C)C)c1NC(=O)NS(=O)(=O)N(Cc1ccccc1)Cc1ccn(C(C)C)n1.Cc1cc(C(C)C)c(NC(=O)NS(=O)(=O)N(CC2=NC(C(C)C)C=C2)Cc2ccccc2)c(C(C)C)c1.Cc1cc(C(C)C)c(NC(=O)NS(=O)(=O)N(Cc2ccccc2)Cc2ccn(C(C)C)n2)c(C(C)C)c1.O=C(Nc1c2c(cc3c1CCC3)CCC2)NS(=O)(=O)N(Cc1ccccc1)Cc1ccn(CC(F)(F)F)n1. The summed E-state index contributed by atoms with van der Waals surface area (Å²) >= 11 is 0. The molecule has 148 heavy (non-hydrogen) atoms. The molecule has 0 saturated carbocycles. The fourth-order valence-corrected chi connectivity index (χ4v) is 21.9. The van der Waals surface area contributed by atoms with Gasteiger partial charge in [-0.15, -0.1) is 0 Å². The van der Waals surface area contributed by atoms with Crippen molar-refractivity contribution in [2.75, 3.05) is 27.8 Å². The van der Waals surface area contributed by atoms with Crippen LogP contribution in [0.5, 0.6) is 0 Å². The quantitative estimate of drug-likeness (QED) is 0.0178. The van der Waals surface area contributed by atoms with Gasteiger partial charge in [0.1, 0.15) is 6.54 Å². The summed E-state index contributed by atoms with van der Waals surface area (Å²) in [5, 5.41) is 24.2. The number of anilines is 4. The molecule has 38 heteroatoms. The molecule has 4 heterocycles. The van der Waals surface area contributed by atoms with Crippen LogP contribution in [0.4, 0.5) is 55.1 Å². The number of aromatic nitrogens is 6. The molecular formula is C110H144F3N19O12S4. The van der Waals surface area contributed by atoms with Gasteiger partial charge in [-0.25, -0.2) is 38.1 Å². The molecule has 796 valence electrons. The van der Waals surface area contributed by atoms with Gasteiger partial charge in [-0.1, -0.05) is 284 Å². The minimum Gasteiger partial charge on any atom is -0.307 e. The predicted molar refractivity (Wildman–Crippen MR) is 581 cm³/mol. The summed E-state index contributed by atoms with van der Waals surface area (Å²) in [4.78, 5) is 57.0. The Labute approximate surface area is 872 Å². The van der Waals surface area contributed by atoms with E-state index in [0.29, 0.717) is 56.0 Å². The minimum absolute atomic E-state index is 0.0241. The molecule has 2 aliphatic carbocycles. The molecule has 0 fully saturated rings. The Morgan fingerprint density at radius 3 is 0.946 bits per heavy atom. The van der Waals surface area contributed by atoms with E-state index in [4.69, 9.17) is 0 Å². The molecule has 0 spiro atoms. The van der Waals surface area contributed by atoms with Crippen molar-refractivity contribution in [3.05, 3.63) is 325 Å². The number of amides is 8. The Kier molecular flexibility index (Phi) is 40.2. The molecule has 1 atom stereocenters. The van der Waals surface area contributed by atoms with Gasteiger partial charge < -0.3 is 21.3 Å². The lowest BCUT2D eigenvalue weighted by Gasteiger charge is -2.24. The summed E-state index contributed by atoms with van der Waals surface area (Å²) in [6.07, 6.45) is 9.68. The van der Waals surface area contributed by atoms with Crippen molar-refractivity contribution in [1.82, 2.24) is 65.5 Å². The Morgan fingerprint density at radius 1 is 0.358 bits per heavy atom. The first-order valence-corrected chi connectivity index (χ1v) is 56.1. The van der Waals surface area contributed by atoms with Crippen LogP contribution in [-0.4, -0.2) is 129 Å². The smallest absolute Gasteiger partial charge is 0.307 e. The van der Waals surface area contributed by atoms with Gasteiger partial charge in [-0.2, -0.15) is 79.4 Å². The summed E-state index contributed by atoms with van der Waals surface area (Å²) in [6.45, 7) is 39.5. The van der Waals surface area contributed by atoms with Crippen LogP contribution in [0.2, 0.25) is 0 Å². The summed E-state index contributed by atoms with van der Waals surface area (Å²) in [6, 6.07) is 54.8. The van der Waals surface area contributed by atoms with E-state index < -0.39 is 77.7 Å². The summed E-state index contributed by atoms with van der Waals surface area (Å²) < 4.78 is 164. The van der Waals surface area contributed by atoms with Crippen molar-refractivity contribution >= 4 is 93.4 Å². The number of para-hydroxylation sites is 1. The van der Waals surface area contributed by atoms with Crippen molar-refractivity contribution in [3.8, 4) is 0 Å². The van der Waals surface area contributed by atoms with Crippen LogP contribution in [-0.2, 0) is 119 Å². The molecule has 0 bridgehead atoms. The summed E-state index contributed by atoms with van der Waals surface area (Å²) in [5.41, 5.74) is 20.3. The average molecular weight is 2110 g/mol. The second kappa shape index (κ2) is 51.5. The molecule has 3 aliphatic rings. The molecule has 3 aromatic heterocycles. The first kappa shape index (κ1) is 116. The number of carbonyl (C=O) groups is 4. The van der Waals surface area contributed by atoms with Crippen LogP contribution in [0.3, 0.4) is 0 Å². The third-order valence-corrected chi connectivity index (χ3v) is 30.8. The third kappa shape index (κ3) is 32.9. The number of aryl methyl sites for hydroxylation is 4. The van der Waals surface area contributed by atoms with Gasteiger partial charge in [0.15, 0.2) is 0 Å². The van der Waals surface area contributed by atoms with Crippen molar-refractivity contribution in [3.63, 3.8) is 0 Å². The lowest BCUT2D eigenvalue weighted by atomic mass is 9.90. The van der Waals surface area contributed by atoms with Crippen LogP contribution in [0.15, 0.2) is 224 Å². The van der Waals surface area contributed by atoms with Crippen LogP contribution in [0.25, 0.3) is 0 Å². The number of fused-ring (bicyclic) bond motifs is 2. The van der Waals surface area contributed by atoms with E-state index in [1.807, 2.05) is 227 Å². The number of nitrogens with one attached hydrogen (secondary N) is 8. The van der Waals surface area contributed by atoms with Crippen LogP contribution in [0.1, 0.15) is 291 Å². The normalized spacial score (nSPS) is 13.7. The van der Waals surface area contributed by atoms with Crippen molar-refractivity contribution in [1.29, 1.82) is 0 Å². The third-order valence-electron chi connectivity index (χ3n) is 25.3. The largest absolute Gasteiger partial charge is 0.408 e. The lowest BCUT2D eigenvalue weighted by molar-refractivity contribution is -0.142. The molecule has 0 saturated heterocycles. The number of benzene rings is 8. The van der Waals surface area contributed by atoms with Crippen molar-refractivity contribution < 1.29 is 66.0 Å². The topological polar surface area (TPSA) is 380 Å². The van der Waals surface area contributed by atoms with Crippen LogP contribution < -0.4 is 40.2 Å². The molecule has 31 nitrogen and oxygen atoms in total. The van der Waals surface area contributed by atoms with Crippen molar-refractivity contribution in [2.45, 2.75) is 289 Å². The second-order valence-corrected chi connectivity index (χ2v) is 47.1. The van der Waals surface area contributed by atoms with Crippen LogP contribution in [0, 0.1) is 19.8 Å². The minimum atomic E-state index is -4.46. The first-order valence-electron chi connectivity index (χ1n) is 50.3. The number of hydrogen-bond acceptors (Lipinski definition) is 16. The number of hydrogen-bond donors (Lipinski definition) is 8. The highest BCUT2D eigenvalue weighted by atomic mass is 32.2. The lowest BCUT2D eigenvalue weighted by Crippen LogP contribution is -2.46. The molecule has 1 aliphatic heterocycles. The van der Waals surface area contributed by atoms with E-state index in [1.54, 1.807) is 51.8 Å². The van der Waals surface area contributed by atoms with Gasteiger partial charge in [0.05, 0.1) is 55.0 Å². The van der Waals surface area contributed by atoms with E-state index in [9.17, 15) is 66.0 Å². The van der Waals surface area contributed by atoms with E-state index in [-0.39, 0.29) is 112 Å². The van der Waals surface area contributed by atoms with E-state index >= 15 is 0 Å². The molecule has 8 N–H and O–H groups in total. The van der Waals surface area contributed by atoms with Crippen molar-refractivity contribution in [2.24, 2.45) is 10.9 Å². The van der Waals surface area contributed by atoms with Gasteiger partial charge in [0, 0.05) is 79.6 Å². The van der Waals surface area contributed by atoms with Crippen LogP contribution >= 0.6 is 0 Å². The highest BCUT2D eigenvalue weighted by molar-refractivity contribution is 7.88. The zero-order chi connectivity index (χ0) is 108. The zero-order valence-corrected chi connectivity index (χ0v) is 91.5. The van der Waals surface area contributed by atoms with E-state index in [0.717, 1.165) is 121 Å². The first-order chi connectivity index (χ1) is 69.8. The van der Waals surface area contributed by atoms with Gasteiger partial charge >= 0.3 is 71.1 Å².